The predicted molar refractivity (Wildman–Crippen MR) is 94.9 cm³/mol. The Balaban J connectivity index is 1.63. The molecule has 1 fully saturated rings. The second-order valence-corrected chi connectivity index (χ2v) is 6.50. The van der Waals surface area contributed by atoms with Crippen LogP contribution in [0.3, 0.4) is 0 Å². The maximum Gasteiger partial charge on any atom is 0.405 e. The summed E-state index contributed by atoms with van der Waals surface area (Å²) in [6, 6.07) is 6.74. The number of amides is 1. The van der Waals surface area contributed by atoms with Gasteiger partial charge in [0.15, 0.2) is 0 Å². The number of aromatic nitrogens is 2. The molecule has 27 heavy (non-hydrogen) atoms. The Hall–Kier alpha value is -2.39. The number of aryl methyl sites for hydroxylation is 1. The zero-order valence-electron chi connectivity index (χ0n) is 15.0. The van der Waals surface area contributed by atoms with Crippen molar-refractivity contribution in [2.24, 2.45) is 0 Å². The first kappa shape index (κ1) is 19.4. The summed E-state index contributed by atoms with van der Waals surface area (Å²) in [5, 5.41) is 9.73. The molecule has 1 aromatic carbocycles. The molecule has 0 spiro atoms. The van der Waals surface area contributed by atoms with Crippen LogP contribution in [0.15, 0.2) is 36.5 Å². The molecule has 1 aliphatic heterocycles. The molecule has 3 rings (SSSR count). The Morgan fingerprint density at radius 3 is 2.44 bits per heavy atom. The quantitative estimate of drug-likeness (QED) is 0.829. The van der Waals surface area contributed by atoms with Gasteiger partial charge in [0.25, 0.3) is 5.91 Å². The molecule has 1 saturated heterocycles. The molecule has 1 atom stereocenters. The van der Waals surface area contributed by atoms with Crippen LogP contribution in [-0.4, -0.2) is 65.5 Å². The third-order valence-electron chi connectivity index (χ3n) is 4.54. The van der Waals surface area contributed by atoms with E-state index < -0.39 is 24.7 Å². The highest BCUT2D eigenvalue weighted by Gasteiger charge is 2.43. The second-order valence-electron chi connectivity index (χ2n) is 6.50. The summed E-state index contributed by atoms with van der Waals surface area (Å²) in [6.07, 6.45) is -2.60. The zero-order valence-corrected chi connectivity index (χ0v) is 15.0. The first-order chi connectivity index (χ1) is 12.8. The minimum atomic E-state index is -4.40. The number of piperazine rings is 1. The van der Waals surface area contributed by atoms with Gasteiger partial charge >= 0.3 is 6.18 Å². The van der Waals surface area contributed by atoms with E-state index >= 15 is 0 Å². The lowest BCUT2D eigenvalue weighted by atomic mass is 10.1. The number of nitrogens with one attached hydrogen (secondary N) is 2. The van der Waals surface area contributed by atoms with Gasteiger partial charge in [-0.05, 0) is 37.3 Å². The fraction of sp³-hybridized carbons (Fsp3) is 0.444. The van der Waals surface area contributed by atoms with E-state index in [9.17, 15) is 18.0 Å². The highest BCUT2D eigenvalue weighted by Crippen LogP contribution is 2.25. The van der Waals surface area contributed by atoms with Crippen molar-refractivity contribution >= 4 is 5.91 Å². The Morgan fingerprint density at radius 1 is 1.22 bits per heavy atom. The standard InChI is InChI=1S/C18H22F3N5O/c1-13-6-9-26(24-13)15-4-2-14(3-5-15)17(27)23-12-16(18(19,20)21)25-10-7-22-8-11-25/h2-6,9,16,22H,7-8,10-12H2,1H3,(H,23,27). The van der Waals surface area contributed by atoms with Gasteiger partial charge in [0, 0.05) is 44.5 Å². The largest absolute Gasteiger partial charge is 0.405 e. The van der Waals surface area contributed by atoms with Crippen molar-refractivity contribution in [3.8, 4) is 5.69 Å². The van der Waals surface area contributed by atoms with Crippen LogP contribution < -0.4 is 10.6 Å². The molecule has 2 aromatic rings. The lowest BCUT2D eigenvalue weighted by Crippen LogP contribution is -2.57. The van der Waals surface area contributed by atoms with Crippen LogP contribution in [0.1, 0.15) is 16.1 Å². The molecule has 1 aliphatic rings. The number of carbonyl (C=O) groups is 1. The van der Waals surface area contributed by atoms with Crippen molar-refractivity contribution < 1.29 is 18.0 Å². The molecule has 146 valence electrons. The van der Waals surface area contributed by atoms with Gasteiger partial charge in [0.2, 0.25) is 0 Å². The predicted octanol–water partition coefficient (Wildman–Crippen LogP) is 1.75. The van der Waals surface area contributed by atoms with E-state index in [1.165, 1.54) is 4.90 Å². The van der Waals surface area contributed by atoms with Crippen LogP contribution >= 0.6 is 0 Å². The van der Waals surface area contributed by atoms with Gasteiger partial charge in [-0.15, -0.1) is 0 Å². The molecule has 1 amide bonds. The molecular weight excluding hydrogens is 359 g/mol. The van der Waals surface area contributed by atoms with Crippen LogP contribution in [0.4, 0.5) is 13.2 Å². The third-order valence-corrected chi connectivity index (χ3v) is 4.54. The molecule has 2 N–H and O–H groups in total. The summed E-state index contributed by atoms with van der Waals surface area (Å²) in [5.74, 6) is -0.525. The van der Waals surface area contributed by atoms with Crippen molar-refractivity contribution in [2.45, 2.75) is 19.1 Å². The first-order valence-corrected chi connectivity index (χ1v) is 8.77. The first-order valence-electron chi connectivity index (χ1n) is 8.77. The van der Waals surface area contributed by atoms with Crippen LogP contribution in [0.25, 0.3) is 5.69 Å². The number of rotatable bonds is 5. The molecule has 2 heterocycles. The van der Waals surface area contributed by atoms with E-state index in [1.807, 2.05) is 13.0 Å². The second kappa shape index (κ2) is 8.10. The Labute approximate surface area is 155 Å². The van der Waals surface area contributed by atoms with E-state index in [0.717, 1.165) is 11.4 Å². The number of benzene rings is 1. The molecule has 0 aliphatic carbocycles. The maximum absolute atomic E-state index is 13.4. The van der Waals surface area contributed by atoms with Crippen LogP contribution in [0.5, 0.6) is 0 Å². The normalized spacial score (nSPS) is 16.9. The monoisotopic (exact) mass is 381 g/mol. The molecule has 0 saturated carbocycles. The van der Waals surface area contributed by atoms with Gasteiger partial charge in [-0.2, -0.15) is 18.3 Å². The lowest BCUT2D eigenvalue weighted by molar-refractivity contribution is -0.183. The summed E-state index contributed by atoms with van der Waals surface area (Å²) < 4.78 is 41.8. The van der Waals surface area contributed by atoms with Gasteiger partial charge in [-0.25, -0.2) is 4.68 Å². The number of hydrogen-bond donors (Lipinski definition) is 2. The van der Waals surface area contributed by atoms with Gasteiger partial charge < -0.3 is 10.6 Å². The third kappa shape index (κ3) is 4.86. The molecule has 0 radical (unpaired) electrons. The van der Waals surface area contributed by atoms with E-state index in [-0.39, 0.29) is 0 Å². The van der Waals surface area contributed by atoms with Crippen LogP contribution in [0, 0.1) is 6.92 Å². The van der Waals surface area contributed by atoms with Crippen molar-refractivity contribution in [1.29, 1.82) is 0 Å². The molecular formula is C18H22F3N5O. The Kier molecular flexibility index (Phi) is 5.81. The Morgan fingerprint density at radius 2 is 1.89 bits per heavy atom. The highest BCUT2D eigenvalue weighted by molar-refractivity contribution is 5.94. The van der Waals surface area contributed by atoms with Crippen LogP contribution in [-0.2, 0) is 0 Å². The highest BCUT2D eigenvalue weighted by atomic mass is 19.4. The van der Waals surface area contributed by atoms with Gasteiger partial charge in [-0.1, -0.05) is 0 Å². The zero-order chi connectivity index (χ0) is 19.4. The smallest absolute Gasteiger partial charge is 0.350 e. The van der Waals surface area contributed by atoms with E-state index in [1.54, 1.807) is 35.1 Å². The fourth-order valence-corrected chi connectivity index (χ4v) is 3.06. The molecule has 6 nitrogen and oxygen atoms in total. The Bertz CT molecular complexity index is 766. The summed E-state index contributed by atoms with van der Waals surface area (Å²) in [6.45, 7) is 3.02. The topological polar surface area (TPSA) is 62.2 Å². The van der Waals surface area contributed by atoms with Crippen molar-refractivity contribution in [3.63, 3.8) is 0 Å². The maximum atomic E-state index is 13.4. The number of alkyl halides is 3. The number of halogens is 3. The van der Waals surface area contributed by atoms with E-state index in [2.05, 4.69) is 15.7 Å². The molecule has 9 heteroatoms. The number of nitrogens with zero attached hydrogens (tertiary/aromatic N) is 3. The fourth-order valence-electron chi connectivity index (χ4n) is 3.06. The SMILES string of the molecule is Cc1ccn(-c2ccc(C(=O)NCC(N3CCNCC3)C(F)(F)F)cc2)n1. The summed E-state index contributed by atoms with van der Waals surface area (Å²) in [5.41, 5.74) is 1.94. The number of hydrogen-bond acceptors (Lipinski definition) is 4. The minimum absolute atomic E-state index is 0.304. The van der Waals surface area contributed by atoms with Gasteiger partial charge in [-0.3, -0.25) is 9.69 Å². The molecule has 0 bridgehead atoms. The van der Waals surface area contributed by atoms with Crippen molar-refractivity contribution in [3.05, 3.63) is 47.8 Å². The average Bonchev–Trinajstić information content (AvgIpc) is 3.08. The average molecular weight is 381 g/mol. The molecule has 1 aromatic heterocycles. The van der Waals surface area contributed by atoms with Crippen molar-refractivity contribution in [1.82, 2.24) is 25.3 Å². The van der Waals surface area contributed by atoms with Gasteiger partial charge in [0.05, 0.1) is 11.4 Å². The van der Waals surface area contributed by atoms with Crippen molar-refractivity contribution in [2.75, 3.05) is 32.7 Å². The van der Waals surface area contributed by atoms with Crippen LogP contribution in [0.2, 0.25) is 0 Å². The summed E-state index contributed by atoms with van der Waals surface area (Å²) >= 11 is 0. The summed E-state index contributed by atoms with van der Waals surface area (Å²) in [7, 11) is 0. The van der Waals surface area contributed by atoms with E-state index in [4.69, 9.17) is 0 Å². The van der Waals surface area contributed by atoms with E-state index in [0.29, 0.717) is 31.7 Å². The lowest BCUT2D eigenvalue weighted by Gasteiger charge is -2.35. The minimum Gasteiger partial charge on any atom is -0.350 e. The number of carbonyl (C=O) groups excluding carboxylic acids is 1. The van der Waals surface area contributed by atoms with Gasteiger partial charge in [0.1, 0.15) is 6.04 Å². The summed E-state index contributed by atoms with van der Waals surface area (Å²) in [4.78, 5) is 13.6. The molecule has 1 unspecified atom stereocenters.